The summed E-state index contributed by atoms with van der Waals surface area (Å²) in [6, 6.07) is 6.54. The molecular formula is C18H20FN3O. The Kier molecular flexibility index (Phi) is 3.80. The Morgan fingerprint density at radius 1 is 1.43 bits per heavy atom. The molecule has 1 aromatic rings. The lowest BCUT2D eigenvalue weighted by Crippen LogP contribution is -2.51. The summed E-state index contributed by atoms with van der Waals surface area (Å²) in [4.78, 5) is 18.0. The van der Waals surface area contributed by atoms with Gasteiger partial charge in [0.25, 0.3) is 0 Å². The molecule has 1 aliphatic heterocycles. The van der Waals surface area contributed by atoms with Gasteiger partial charge in [-0.1, -0.05) is 30.4 Å². The van der Waals surface area contributed by atoms with Gasteiger partial charge in [0.1, 0.15) is 5.82 Å². The normalized spacial score (nSPS) is 27.7. The maximum Gasteiger partial charge on any atom is 0.231 e. The van der Waals surface area contributed by atoms with Gasteiger partial charge in [-0.25, -0.2) is 9.38 Å². The minimum absolute atomic E-state index is 0.0201. The topological polar surface area (TPSA) is 58.7 Å². The SMILES string of the molecule is CN1C(=O)C[C@@](C)(C2C=CC(c3cccc(F)c3)=CC2)N=C1N. The van der Waals surface area contributed by atoms with Gasteiger partial charge in [0.2, 0.25) is 5.91 Å². The highest BCUT2D eigenvalue weighted by atomic mass is 19.1. The van der Waals surface area contributed by atoms with E-state index in [1.165, 1.54) is 17.0 Å². The van der Waals surface area contributed by atoms with Gasteiger partial charge >= 0.3 is 0 Å². The largest absolute Gasteiger partial charge is 0.369 e. The van der Waals surface area contributed by atoms with Crippen molar-refractivity contribution in [1.82, 2.24) is 4.90 Å². The second-order valence-electron chi connectivity index (χ2n) is 6.33. The van der Waals surface area contributed by atoms with E-state index in [-0.39, 0.29) is 23.6 Å². The first-order chi connectivity index (χ1) is 10.9. The van der Waals surface area contributed by atoms with Gasteiger partial charge in [-0.05, 0) is 36.6 Å². The summed E-state index contributed by atoms with van der Waals surface area (Å²) in [7, 11) is 1.64. The molecule has 2 atom stereocenters. The summed E-state index contributed by atoms with van der Waals surface area (Å²) >= 11 is 0. The number of hydrogen-bond acceptors (Lipinski definition) is 3. The van der Waals surface area contributed by atoms with Crippen molar-refractivity contribution in [2.45, 2.75) is 25.3 Å². The number of nitrogens with zero attached hydrogens (tertiary/aromatic N) is 2. The van der Waals surface area contributed by atoms with Crippen LogP contribution in [0.4, 0.5) is 4.39 Å². The Balaban J connectivity index is 1.82. The Labute approximate surface area is 135 Å². The van der Waals surface area contributed by atoms with Crippen molar-refractivity contribution < 1.29 is 9.18 Å². The predicted molar refractivity (Wildman–Crippen MR) is 89.0 cm³/mol. The molecule has 4 nitrogen and oxygen atoms in total. The lowest BCUT2D eigenvalue weighted by Gasteiger charge is -2.38. The first kappa shape index (κ1) is 15.5. The van der Waals surface area contributed by atoms with Gasteiger partial charge in [-0.15, -0.1) is 0 Å². The average Bonchev–Trinajstić information content (AvgIpc) is 2.53. The van der Waals surface area contributed by atoms with E-state index < -0.39 is 5.54 Å². The van der Waals surface area contributed by atoms with Crippen LogP contribution in [-0.4, -0.2) is 29.4 Å². The van der Waals surface area contributed by atoms with Gasteiger partial charge in [-0.3, -0.25) is 9.69 Å². The molecule has 0 saturated heterocycles. The number of aliphatic imine (C=N–C) groups is 1. The van der Waals surface area contributed by atoms with E-state index >= 15 is 0 Å². The van der Waals surface area contributed by atoms with Crippen molar-refractivity contribution >= 4 is 17.4 Å². The highest BCUT2D eigenvalue weighted by Gasteiger charge is 2.40. The smallest absolute Gasteiger partial charge is 0.231 e. The Morgan fingerprint density at radius 3 is 2.83 bits per heavy atom. The summed E-state index contributed by atoms with van der Waals surface area (Å²) in [5, 5.41) is 0. The van der Waals surface area contributed by atoms with Crippen LogP contribution < -0.4 is 5.73 Å². The second-order valence-corrected chi connectivity index (χ2v) is 6.33. The number of guanidine groups is 1. The fourth-order valence-electron chi connectivity index (χ4n) is 3.11. The summed E-state index contributed by atoms with van der Waals surface area (Å²) < 4.78 is 13.3. The van der Waals surface area contributed by atoms with E-state index in [9.17, 15) is 9.18 Å². The van der Waals surface area contributed by atoms with Crippen LogP contribution in [0.5, 0.6) is 0 Å². The third kappa shape index (κ3) is 2.91. The van der Waals surface area contributed by atoms with Crippen LogP contribution in [0.25, 0.3) is 5.57 Å². The van der Waals surface area contributed by atoms with Crippen LogP contribution in [0.1, 0.15) is 25.3 Å². The summed E-state index contributed by atoms with van der Waals surface area (Å²) in [5.74, 6) is 0.0885. The number of allylic oxidation sites excluding steroid dienone is 3. The van der Waals surface area contributed by atoms with Crippen molar-refractivity contribution in [1.29, 1.82) is 0 Å². The minimum atomic E-state index is -0.534. The molecule has 1 heterocycles. The van der Waals surface area contributed by atoms with E-state index in [2.05, 4.69) is 17.1 Å². The Hall–Kier alpha value is -2.43. The lowest BCUT2D eigenvalue weighted by molar-refractivity contribution is -0.128. The van der Waals surface area contributed by atoms with E-state index in [0.717, 1.165) is 17.6 Å². The van der Waals surface area contributed by atoms with E-state index in [1.54, 1.807) is 13.1 Å². The molecule has 0 aromatic heterocycles. The monoisotopic (exact) mass is 313 g/mol. The molecule has 0 spiro atoms. The Bertz CT molecular complexity index is 738. The third-order valence-corrected chi connectivity index (χ3v) is 4.65. The zero-order chi connectivity index (χ0) is 16.6. The lowest BCUT2D eigenvalue weighted by atomic mass is 9.77. The van der Waals surface area contributed by atoms with E-state index in [1.807, 2.05) is 19.1 Å². The van der Waals surface area contributed by atoms with Crippen LogP contribution in [0.15, 0.2) is 47.5 Å². The van der Waals surface area contributed by atoms with Crippen LogP contribution in [0.3, 0.4) is 0 Å². The first-order valence-electron chi connectivity index (χ1n) is 7.65. The molecule has 2 N–H and O–H groups in total. The molecule has 1 amide bonds. The fraction of sp³-hybridized carbons (Fsp3) is 0.333. The highest BCUT2D eigenvalue weighted by Crippen LogP contribution is 2.37. The molecule has 0 radical (unpaired) electrons. The van der Waals surface area contributed by atoms with Gasteiger partial charge < -0.3 is 5.73 Å². The fourth-order valence-corrected chi connectivity index (χ4v) is 3.11. The number of benzene rings is 1. The van der Waals surface area contributed by atoms with Crippen LogP contribution in [0.2, 0.25) is 0 Å². The van der Waals surface area contributed by atoms with Crippen molar-refractivity contribution in [2.75, 3.05) is 7.05 Å². The standard InChI is InChI=1S/C18H20FN3O/c1-18(11-16(23)22(2)17(20)21-18)14-8-6-12(7-9-14)13-4-3-5-15(19)10-13/h3-8,10,14H,9,11H2,1-2H3,(H2,20,21)/t14?,18-/m0/s1. The molecule has 3 rings (SSSR count). The van der Waals surface area contributed by atoms with Crippen LogP contribution >= 0.6 is 0 Å². The number of halogens is 1. The predicted octanol–water partition coefficient (Wildman–Crippen LogP) is 2.72. The summed E-state index contributed by atoms with van der Waals surface area (Å²) in [6.45, 7) is 1.96. The van der Waals surface area contributed by atoms with Crippen molar-refractivity contribution in [2.24, 2.45) is 16.6 Å². The number of rotatable bonds is 2. The molecule has 5 heteroatoms. The number of carbonyl (C=O) groups is 1. The molecule has 2 aliphatic rings. The van der Waals surface area contributed by atoms with Gasteiger partial charge in [-0.2, -0.15) is 0 Å². The summed E-state index contributed by atoms with van der Waals surface area (Å²) in [5.41, 5.74) is 7.17. The van der Waals surface area contributed by atoms with Gasteiger partial charge in [0.05, 0.1) is 12.0 Å². The highest BCUT2D eigenvalue weighted by molar-refractivity contribution is 5.98. The van der Waals surface area contributed by atoms with E-state index in [4.69, 9.17) is 5.73 Å². The second kappa shape index (κ2) is 5.65. The summed E-state index contributed by atoms with van der Waals surface area (Å²) in [6.07, 6.45) is 7.17. The molecule has 1 unspecified atom stereocenters. The number of carbonyl (C=O) groups excluding carboxylic acids is 1. The average molecular weight is 313 g/mol. The number of amides is 1. The zero-order valence-electron chi connectivity index (χ0n) is 13.3. The molecular weight excluding hydrogens is 293 g/mol. The first-order valence-corrected chi connectivity index (χ1v) is 7.65. The minimum Gasteiger partial charge on any atom is -0.369 e. The molecule has 1 aromatic carbocycles. The number of hydrogen-bond donors (Lipinski definition) is 1. The van der Waals surface area contributed by atoms with Crippen molar-refractivity contribution in [3.8, 4) is 0 Å². The maximum atomic E-state index is 13.3. The Morgan fingerprint density at radius 2 is 2.22 bits per heavy atom. The number of nitrogens with two attached hydrogens (primary N) is 1. The molecule has 0 saturated carbocycles. The maximum absolute atomic E-state index is 13.3. The molecule has 120 valence electrons. The van der Waals surface area contributed by atoms with Crippen LogP contribution in [0, 0.1) is 11.7 Å². The van der Waals surface area contributed by atoms with Crippen molar-refractivity contribution in [3.05, 3.63) is 53.9 Å². The molecule has 23 heavy (non-hydrogen) atoms. The zero-order valence-corrected chi connectivity index (χ0v) is 13.3. The van der Waals surface area contributed by atoms with Gasteiger partial charge in [0, 0.05) is 13.0 Å². The van der Waals surface area contributed by atoms with Crippen molar-refractivity contribution in [3.63, 3.8) is 0 Å². The molecule has 1 aliphatic carbocycles. The van der Waals surface area contributed by atoms with Crippen LogP contribution in [-0.2, 0) is 4.79 Å². The molecule has 0 bridgehead atoms. The quantitative estimate of drug-likeness (QED) is 0.912. The molecule has 0 fully saturated rings. The van der Waals surface area contributed by atoms with E-state index in [0.29, 0.717) is 6.42 Å². The van der Waals surface area contributed by atoms with Gasteiger partial charge in [0.15, 0.2) is 5.96 Å². The third-order valence-electron chi connectivity index (χ3n) is 4.65.